The first-order valence-electron chi connectivity index (χ1n) is 6.27. The van der Waals surface area contributed by atoms with Crippen LogP contribution in [0.25, 0.3) is 0 Å². The second-order valence-electron chi connectivity index (χ2n) is 4.27. The van der Waals surface area contributed by atoms with Gasteiger partial charge in [0.05, 0.1) is 12.0 Å². The molecule has 0 spiro atoms. The number of likely N-dealkylation sites (N-methyl/N-ethyl adjacent to an activating group) is 1. The largest absolute Gasteiger partial charge is 0.377 e. The molecule has 6 nitrogen and oxygen atoms in total. The summed E-state index contributed by atoms with van der Waals surface area (Å²) in [5, 5.41) is 2.57. The fourth-order valence-corrected chi connectivity index (χ4v) is 1.79. The van der Waals surface area contributed by atoms with Crippen LogP contribution in [-0.4, -0.2) is 50.1 Å². The van der Waals surface area contributed by atoms with Gasteiger partial charge in [0.15, 0.2) is 0 Å². The molecule has 0 unspecified atom stereocenters. The van der Waals surface area contributed by atoms with Crippen molar-refractivity contribution in [2.24, 2.45) is 10.7 Å². The molecule has 0 aliphatic heterocycles. The van der Waals surface area contributed by atoms with Gasteiger partial charge in [-0.1, -0.05) is 6.92 Å². The summed E-state index contributed by atoms with van der Waals surface area (Å²) in [4.78, 5) is 29.2. The lowest BCUT2D eigenvalue weighted by atomic mass is 10.0. The Kier molecular flexibility index (Phi) is 7.48. The number of primary amides is 1. The van der Waals surface area contributed by atoms with Crippen LogP contribution in [0, 0.1) is 0 Å². The minimum absolute atomic E-state index is 0.0200. The lowest BCUT2D eigenvalue weighted by molar-refractivity contribution is -0.117. The Hall–Kier alpha value is -1.85. The quantitative estimate of drug-likeness (QED) is 0.514. The van der Waals surface area contributed by atoms with Crippen molar-refractivity contribution in [2.75, 3.05) is 27.7 Å². The number of carbonyl (C=O) groups is 2. The molecule has 0 aliphatic rings. The zero-order valence-corrected chi connectivity index (χ0v) is 12.4. The van der Waals surface area contributed by atoms with Crippen LogP contribution in [0.5, 0.6) is 0 Å². The van der Waals surface area contributed by atoms with Crippen molar-refractivity contribution in [3.8, 4) is 0 Å². The van der Waals surface area contributed by atoms with E-state index in [9.17, 15) is 9.59 Å². The summed E-state index contributed by atoms with van der Waals surface area (Å²) in [6.07, 6.45) is 0.925. The maximum absolute atomic E-state index is 12.0. The van der Waals surface area contributed by atoms with E-state index < -0.39 is 5.91 Å². The normalized spacial score (nSPS) is 12.8. The Bertz CT molecular complexity index is 399. The van der Waals surface area contributed by atoms with E-state index in [-0.39, 0.29) is 12.3 Å². The second-order valence-corrected chi connectivity index (χ2v) is 4.27. The van der Waals surface area contributed by atoms with Crippen LogP contribution >= 0.6 is 0 Å². The third-order valence-electron chi connectivity index (χ3n) is 2.80. The molecule has 0 radical (unpaired) electrons. The number of nitrogens with one attached hydrogen (secondary N) is 1. The van der Waals surface area contributed by atoms with Crippen LogP contribution in [0.15, 0.2) is 16.3 Å². The van der Waals surface area contributed by atoms with E-state index in [1.54, 1.807) is 21.0 Å². The summed E-state index contributed by atoms with van der Waals surface area (Å²) in [5.74, 6) is -0.731. The van der Waals surface area contributed by atoms with Gasteiger partial charge in [-0.25, -0.2) is 0 Å². The average Bonchev–Trinajstić information content (AvgIpc) is 2.36. The number of rotatable bonds is 7. The lowest BCUT2D eigenvalue weighted by Gasteiger charge is -2.24. The molecule has 0 aromatic heterocycles. The molecule has 0 saturated heterocycles. The third-order valence-corrected chi connectivity index (χ3v) is 2.80. The van der Waals surface area contributed by atoms with Crippen LogP contribution < -0.4 is 11.1 Å². The first-order valence-corrected chi connectivity index (χ1v) is 6.27. The maximum Gasteiger partial charge on any atom is 0.254 e. The number of hydrogen-bond donors (Lipinski definition) is 2. The standard InChI is InChI=1S/C13H24N4O2/c1-6-7-17(5)10(8-11(14)18)12(9(2)15-3)13(19)16-4/h6-8H2,1-5H3,(H2,14,18)(H,16,19)/b12-10+,15-9?. The minimum atomic E-state index is -0.469. The molecule has 0 aromatic carbocycles. The number of carbonyl (C=O) groups excluding carboxylic acids is 2. The van der Waals surface area contributed by atoms with E-state index in [2.05, 4.69) is 10.3 Å². The van der Waals surface area contributed by atoms with Crippen molar-refractivity contribution in [1.29, 1.82) is 0 Å². The number of nitrogens with two attached hydrogens (primary N) is 1. The summed E-state index contributed by atoms with van der Waals surface area (Å²) in [6.45, 7) is 4.50. The third kappa shape index (κ3) is 5.11. The first-order chi connectivity index (χ1) is 8.88. The molecule has 6 heteroatoms. The fraction of sp³-hybridized carbons (Fsp3) is 0.615. The monoisotopic (exact) mass is 268 g/mol. The molecule has 0 heterocycles. The number of amides is 2. The van der Waals surface area contributed by atoms with E-state index in [0.717, 1.165) is 13.0 Å². The van der Waals surface area contributed by atoms with Crippen LogP contribution in [0.2, 0.25) is 0 Å². The Morgan fingerprint density at radius 2 is 1.95 bits per heavy atom. The first kappa shape index (κ1) is 17.2. The van der Waals surface area contributed by atoms with Gasteiger partial charge in [-0.05, 0) is 13.3 Å². The Morgan fingerprint density at radius 3 is 2.32 bits per heavy atom. The van der Waals surface area contributed by atoms with Gasteiger partial charge < -0.3 is 16.0 Å². The summed E-state index contributed by atoms with van der Waals surface area (Å²) < 4.78 is 0. The van der Waals surface area contributed by atoms with E-state index >= 15 is 0 Å². The van der Waals surface area contributed by atoms with Crippen LogP contribution in [0.1, 0.15) is 26.7 Å². The zero-order valence-electron chi connectivity index (χ0n) is 12.4. The van der Waals surface area contributed by atoms with Gasteiger partial charge >= 0.3 is 0 Å². The van der Waals surface area contributed by atoms with Crippen LogP contribution in [0.4, 0.5) is 0 Å². The summed E-state index contributed by atoms with van der Waals surface area (Å²) in [5.41, 5.74) is 6.88. The Labute approximate surface area is 114 Å². The van der Waals surface area contributed by atoms with E-state index in [4.69, 9.17) is 5.73 Å². The number of aliphatic imine (C=N–C) groups is 1. The Balaban J connectivity index is 5.81. The predicted octanol–water partition coefficient (Wildman–Crippen LogP) is 0.294. The summed E-state index contributed by atoms with van der Waals surface area (Å²) in [6, 6.07) is 0. The molecule has 0 fully saturated rings. The SMILES string of the molecule is CCCN(C)/C(CC(N)=O)=C(/C(=O)NC)C(C)=NC. The number of nitrogens with zero attached hydrogens (tertiary/aromatic N) is 2. The van der Waals surface area contributed by atoms with Crippen molar-refractivity contribution < 1.29 is 9.59 Å². The van der Waals surface area contributed by atoms with Gasteiger partial charge in [0.1, 0.15) is 0 Å². The number of hydrogen-bond acceptors (Lipinski definition) is 4. The molecule has 2 amide bonds. The van der Waals surface area contributed by atoms with Gasteiger partial charge in [-0.2, -0.15) is 0 Å². The highest BCUT2D eigenvalue weighted by atomic mass is 16.2. The molecular formula is C13H24N4O2. The highest BCUT2D eigenvalue weighted by Crippen LogP contribution is 2.15. The van der Waals surface area contributed by atoms with Crippen molar-refractivity contribution in [3.63, 3.8) is 0 Å². The summed E-state index contributed by atoms with van der Waals surface area (Å²) >= 11 is 0. The van der Waals surface area contributed by atoms with Gasteiger partial charge in [0.25, 0.3) is 5.91 Å². The van der Waals surface area contributed by atoms with Gasteiger partial charge in [0.2, 0.25) is 5.91 Å². The Morgan fingerprint density at radius 1 is 1.37 bits per heavy atom. The van der Waals surface area contributed by atoms with E-state index in [0.29, 0.717) is 17.0 Å². The maximum atomic E-state index is 12.0. The molecule has 0 aliphatic carbocycles. The van der Waals surface area contributed by atoms with Gasteiger partial charge in [0, 0.05) is 39.1 Å². The van der Waals surface area contributed by atoms with Crippen molar-refractivity contribution in [3.05, 3.63) is 11.3 Å². The highest BCUT2D eigenvalue weighted by molar-refractivity contribution is 6.21. The van der Waals surface area contributed by atoms with Crippen molar-refractivity contribution in [1.82, 2.24) is 10.2 Å². The molecular weight excluding hydrogens is 244 g/mol. The molecule has 0 bridgehead atoms. The highest BCUT2D eigenvalue weighted by Gasteiger charge is 2.21. The van der Waals surface area contributed by atoms with Gasteiger partial charge in [-0.15, -0.1) is 0 Å². The topological polar surface area (TPSA) is 87.8 Å². The second kappa shape index (κ2) is 8.29. The lowest BCUT2D eigenvalue weighted by Crippen LogP contribution is -2.32. The molecule has 0 aromatic rings. The molecule has 0 atom stereocenters. The average molecular weight is 268 g/mol. The predicted molar refractivity (Wildman–Crippen MR) is 76.9 cm³/mol. The molecule has 0 saturated carbocycles. The fourth-order valence-electron chi connectivity index (χ4n) is 1.79. The zero-order chi connectivity index (χ0) is 15.0. The summed E-state index contributed by atoms with van der Waals surface area (Å²) in [7, 11) is 5.00. The molecule has 0 rings (SSSR count). The molecule has 108 valence electrons. The van der Waals surface area contributed by atoms with E-state index in [1.807, 2.05) is 18.9 Å². The van der Waals surface area contributed by atoms with E-state index in [1.165, 1.54) is 0 Å². The molecule has 3 N–H and O–H groups in total. The van der Waals surface area contributed by atoms with Crippen molar-refractivity contribution in [2.45, 2.75) is 26.7 Å². The minimum Gasteiger partial charge on any atom is -0.377 e. The molecule has 19 heavy (non-hydrogen) atoms. The van der Waals surface area contributed by atoms with Crippen LogP contribution in [0.3, 0.4) is 0 Å². The van der Waals surface area contributed by atoms with Gasteiger partial charge in [-0.3, -0.25) is 14.6 Å². The van der Waals surface area contributed by atoms with Crippen molar-refractivity contribution >= 4 is 17.5 Å². The van der Waals surface area contributed by atoms with Crippen LogP contribution in [-0.2, 0) is 9.59 Å². The smallest absolute Gasteiger partial charge is 0.254 e.